The summed E-state index contributed by atoms with van der Waals surface area (Å²) in [5, 5.41) is 3.94. The van der Waals surface area contributed by atoms with E-state index in [9.17, 15) is 4.79 Å². The van der Waals surface area contributed by atoms with E-state index < -0.39 is 0 Å². The minimum Gasteiger partial charge on any atom is -0.397 e. The second-order valence-electron chi connectivity index (χ2n) is 5.34. The van der Waals surface area contributed by atoms with Gasteiger partial charge in [-0.05, 0) is 25.3 Å². The highest BCUT2D eigenvalue weighted by atomic mass is 32.1. The Balaban J connectivity index is 2.13. The van der Waals surface area contributed by atoms with Gasteiger partial charge in [-0.2, -0.15) is 0 Å². The quantitative estimate of drug-likeness (QED) is 0.886. The molecule has 2 aromatic heterocycles. The largest absolute Gasteiger partial charge is 0.397 e. The summed E-state index contributed by atoms with van der Waals surface area (Å²) in [5.74, 6) is 0.522. The molecule has 0 fully saturated rings. The van der Waals surface area contributed by atoms with E-state index in [1.165, 1.54) is 11.3 Å². The number of carbonyl (C=O) groups excluding carboxylic acids is 1. The lowest BCUT2D eigenvalue weighted by Gasteiger charge is -2.17. The van der Waals surface area contributed by atoms with Crippen molar-refractivity contribution >= 4 is 33.0 Å². The van der Waals surface area contributed by atoms with Gasteiger partial charge in [0.25, 0.3) is 5.91 Å². The van der Waals surface area contributed by atoms with E-state index in [0.29, 0.717) is 16.5 Å². The molecule has 0 saturated heterocycles. The summed E-state index contributed by atoms with van der Waals surface area (Å²) >= 11 is 1.40. The molecular weight excluding hydrogens is 270 g/mol. The standard InChI is InChI=1S/C15H21N3OS/c1-4-9(2)7-10(3)18-15(19)14-13(16)11-5-6-17-8-12(11)20-14/h5-6,8-10H,4,7,16H2,1-3H3,(H,18,19). The Morgan fingerprint density at radius 2 is 2.25 bits per heavy atom. The molecule has 1 amide bonds. The Bertz CT molecular complexity index is 608. The number of amides is 1. The SMILES string of the molecule is CCC(C)CC(C)NC(=O)c1sc2cnccc2c1N. The number of rotatable bonds is 5. The Hall–Kier alpha value is -1.62. The molecule has 20 heavy (non-hydrogen) atoms. The summed E-state index contributed by atoms with van der Waals surface area (Å²) in [6.07, 6.45) is 5.54. The van der Waals surface area contributed by atoms with Crippen LogP contribution in [0.15, 0.2) is 18.5 Å². The van der Waals surface area contributed by atoms with Crippen LogP contribution in [0.5, 0.6) is 0 Å². The second kappa shape index (κ2) is 6.22. The number of pyridine rings is 1. The number of fused-ring (bicyclic) bond motifs is 1. The lowest BCUT2D eigenvalue weighted by atomic mass is 10.0. The number of carbonyl (C=O) groups is 1. The maximum absolute atomic E-state index is 12.3. The topological polar surface area (TPSA) is 68.0 Å². The first-order valence-corrected chi connectivity index (χ1v) is 7.77. The smallest absolute Gasteiger partial charge is 0.263 e. The van der Waals surface area contributed by atoms with Gasteiger partial charge in [0.15, 0.2) is 0 Å². The monoisotopic (exact) mass is 291 g/mol. The van der Waals surface area contributed by atoms with Gasteiger partial charge in [-0.1, -0.05) is 20.3 Å². The first-order valence-electron chi connectivity index (χ1n) is 6.95. The van der Waals surface area contributed by atoms with Crippen molar-refractivity contribution in [2.24, 2.45) is 5.92 Å². The molecule has 0 aliphatic carbocycles. The summed E-state index contributed by atoms with van der Waals surface area (Å²) in [6, 6.07) is 2.00. The summed E-state index contributed by atoms with van der Waals surface area (Å²) in [5.41, 5.74) is 6.62. The zero-order chi connectivity index (χ0) is 14.7. The van der Waals surface area contributed by atoms with Crippen LogP contribution in [0, 0.1) is 5.92 Å². The maximum atomic E-state index is 12.3. The second-order valence-corrected chi connectivity index (χ2v) is 6.39. The van der Waals surface area contributed by atoms with Crippen LogP contribution in [0.4, 0.5) is 5.69 Å². The van der Waals surface area contributed by atoms with E-state index in [4.69, 9.17) is 5.73 Å². The van der Waals surface area contributed by atoms with Crippen molar-refractivity contribution < 1.29 is 4.79 Å². The van der Waals surface area contributed by atoms with Crippen LogP contribution in [-0.2, 0) is 0 Å². The van der Waals surface area contributed by atoms with Gasteiger partial charge >= 0.3 is 0 Å². The van der Waals surface area contributed by atoms with Gasteiger partial charge in [0.2, 0.25) is 0 Å². The number of hydrogen-bond donors (Lipinski definition) is 2. The van der Waals surface area contributed by atoms with Crippen molar-refractivity contribution in [3.05, 3.63) is 23.3 Å². The third kappa shape index (κ3) is 3.10. The number of nitrogens with one attached hydrogen (secondary N) is 1. The number of hydrogen-bond acceptors (Lipinski definition) is 4. The number of nitrogens with zero attached hydrogens (tertiary/aromatic N) is 1. The van der Waals surface area contributed by atoms with Gasteiger partial charge in [0, 0.05) is 23.8 Å². The zero-order valence-corrected chi connectivity index (χ0v) is 13.0. The van der Waals surface area contributed by atoms with E-state index >= 15 is 0 Å². The van der Waals surface area contributed by atoms with E-state index in [-0.39, 0.29) is 11.9 Å². The van der Waals surface area contributed by atoms with Crippen LogP contribution < -0.4 is 11.1 Å². The van der Waals surface area contributed by atoms with Crippen molar-refractivity contribution in [2.45, 2.75) is 39.7 Å². The van der Waals surface area contributed by atoms with Crippen LogP contribution in [0.2, 0.25) is 0 Å². The predicted octanol–water partition coefficient (Wildman–Crippen LogP) is 3.43. The highest BCUT2D eigenvalue weighted by molar-refractivity contribution is 7.21. The number of thiophene rings is 1. The van der Waals surface area contributed by atoms with Crippen molar-refractivity contribution in [1.29, 1.82) is 0 Å². The van der Waals surface area contributed by atoms with E-state index in [2.05, 4.69) is 24.1 Å². The molecule has 2 aromatic rings. The molecule has 0 aromatic carbocycles. The number of nitrogen functional groups attached to an aromatic ring is 1. The molecule has 4 nitrogen and oxygen atoms in total. The van der Waals surface area contributed by atoms with E-state index in [1.807, 2.05) is 13.0 Å². The Labute approximate surface area is 123 Å². The molecule has 2 rings (SSSR count). The minimum absolute atomic E-state index is 0.0838. The lowest BCUT2D eigenvalue weighted by molar-refractivity contribution is 0.0940. The van der Waals surface area contributed by atoms with Crippen molar-refractivity contribution in [2.75, 3.05) is 5.73 Å². The Morgan fingerprint density at radius 1 is 1.50 bits per heavy atom. The molecule has 5 heteroatoms. The van der Waals surface area contributed by atoms with Crippen LogP contribution in [-0.4, -0.2) is 16.9 Å². The van der Waals surface area contributed by atoms with Gasteiger partial charge in [0.05, 0.1) is 10.4 Å². The summed E-state index contributed by atoms with van der Waals surface area (Å²) in [7, 11) is 0. The van der Waals surface area contributed by atoms with Gasteiger partial charge in [-0.15, -0.1) is 11.3 Å². The minimum atomic E-state index is -0.0838. The van der Waals surface area contributed by atoms with Crippen molar-refractivity contribution in [1.82, 2.24) is 10.3 Å². The molecule has 2 heterocycles. The molecule has 3 N–H and O–H groups in total. The normalized spacial score (nSPS) is 14.2. The lowest BCUT2D eigenvalue weighted by Crippen LogP contribution is -2.33. The third-order valence-corrected chi connectivity index (χ3v) is 4.72. The van der Waals surface area contributed by atoms with Crippen LogP contribution >= 0.6 is 11.3 Å². The average Bonchev–Trinajstić information content (AvgIpc) is 2.76. The molecule has 108 valence electrons. The van der Waals surface area contributed by atoms with Gasteiger partial charge in [0.1, 0.15) is 4.88 Å². The molecule has 0 aliphatic rings. The Morgan fingerprint density at radius 3 is 2.90 bits per heavy atom. The molecule has 0 aliphatic heterocycles. The van der Waals surface area contributed by atoms with E-state index in [1.54, 1.807) is 12.4 Å². The highest BCUT2D eigenvalue weighted by Gasteiger charge is 2.18. The van der Waals surface area contributed by atoms with Crippen LogP contribution in [0.3, 0.4) is 0 Å². The van der Waals surface area contributed by atoms with Gasteiger partial charge < -0.3 is 11.1 Å². The molecule has 0 radical (unpaired) electrons. The average molecular weight is 291 g/mol. The van der Waals surface area contributed by atoms with Gasteiger partial charge in [-0.3, -0.25) is 9.78 Å². The molecule has 2 unspecified atom stereocenters. The van der Waals surface area contributed by atoms with Crippen LogP contribution in [0.1, 0.15) is 43.3 Å². The predicted molar refractivity (Wildman–Crippen MR) is 85.0 cm³/mol. The van der Waals surface area contributed by atoms with Crippen molar-refractivity contribution in [3.63, 3.8) is 0 Å². The molecule has 2 atom stereocenters. The third-order valence-electron chi connectivity index (χ3n) is 3.57. The number of anilines is 1. The molecule has 0 spiro atoms. The fourth-order valence-electron chi connectivity index (χ4n) is 2.26. The first-order chi connectivity index (χ1) is 9.52. The summed E-state index contributed by atoms with van der Waals surface area (Å²) in [4.78, 5) is 17.0. The van der Waals surface area contributed by atoms with E-state index in [0.717, 1.165) is 22.9 Å². The van der Waals surface area contributed by atoms with Gasteiger partial charge in [-0.25, -0.2) is 0 Å². The summed E-state index contributed by atoms with van der Waals surface area (Å²) in [6.45, 7) is 6.40. The summed E-state index contributed by atoms with van der Waals surface area (Å²) < 4.78 is 0.949. The highest BCUT2D eigenvalue weighted by Crippen LogP contribution is 2.32. The fraction of sp³-hybridized carbons (Fsp3) is 0.467. The van der Waals surface area contributed by atoms with Crippen LogP contribution in [0.25, 0.3) is 10.1 Å². The number of aromatic nitrogens is 1. The molecule has 0 saturated carbocycles. The zero-order valence-electron chi connectivity index (χ0n) is 12.1. The fourth-order valence-corrected chi connectivity index (χ4v) is 3.25. The maximum Gasteiger partial charge on any atom is 0.263 e. The Kier molecular flexibility index (Phi) is 4.60. The van der Waals surface area contributed by atoms with Crippen molar-refractivity contribution in [3.8, 4) is 0 Å². The number of nitrogens with two attached hydrogens (primary N) is 1. The molecular formula is C15H21N3OS. The first kappa shape index (κ1) is 14.8. The molecule has 0 bridgehead atoms.